The Balaban J connectivity index is 1.90. The second-order valence-electron chi connectivity index (χ2n) is 5.74. The number of carbonyl (C=O) groups is 1. The molecule has 24 heavy (non-hydrogen) atoms. The molecule has 0 radical (unpaired) electrons. The summed E-state index contributed by atoms with van der Waals surface area (Å²) in [5, 5.41) is 9.42. The zero-order valence-electron chi connectivity index (χ0n) is 14.1. The third-order valence-electron chi connectivity index (χ3n) is 3.92. The molecule has 1 saturated heterocycles. The molecule has 2 heterocycles. The van der Waals surface area contributed by atoms with Crippen LogP contribution in [0.4, 0.5) is 5.95 Å². The molecule has 7 heteroatoms. The molecule has 0 atom stereocenters. The van der Waals surface area contributed by atoms with E-state index in [2.05, 4.69) is 46.3 Å². The van der Waals surface area contributed by atoms with Crippen molar-refractivity contribution >= 4 is 23.7 Å². The van der Waals surface area contributed by atoms with Gasteiger partial charge in [-0.05, 0) is 38.8 Å². The Morgan fingerprint density at radius 2 is 1.92 bits per heavy atom. The van der Waals surface area contributed by atoms with E-state index in [4.69, 9.17) is 4.74 Å². The first-order valence-corrected chi connectivity index (χ1v) is 9.23. The molecule has 3 rings (SSSR count). The fourth-order valence-corrected chi connectivity index (χ4v) is 3.47. The highest BCUT2D eigenvalue weighted by Gasteiger charge is 2.22. The van der Waals surface area contributed by atoms with E-state index in [9.17, 15) is 4.79 Å². The lowest BCUT2D eigenvalue weighted by Crippen LogP contribution is -2.22. The smallest absolute Gasteiger partial charge is 0.316 e. The van der Waals surface area contributed by atoms with Gasteiger partial charge in [0.1, 0.15) is 0 Å². The Bertz CT molecular complexity index is 693. The standard InChI is InChI=1S/C17H22N4O2S/c1-3-23-15(22)12-24-17-19-18-16(20-10-4-5-11-20)21(17)14-8-6-13(2)7-9-14/h6-9H,3-5,10-12H2,1-2H3. The van der Waals surface area contributed by atoms with Gasteiger partial charge in [0, 0.05) is 13.1 Å². The number of ether oxygens (including phenoxy) is 1. The van der Waals surface area contributed by atoms with Crippen molar-refractivity contribution in [2.24, 2.45) is 0 Å². The van der Waals surface area contributed by atoms with Crippen molar-refractivity contribution in [2.45, 2.75) is 31.8 Å². The van der Waals surface area contributed by atoms with Crippen LogP contribution in [0.3, 0.4) is 0 Å². The molecule has 1 aromatic carbocycles. The number of hydrogen-bond acceptors (Lipinski definition) is 6. The summed E-state index contributed by atoms with van der Waals surface area (Å²) in [4.78, 5) is 13.9. The van der Waals surface area contributed by atoms with Gasteiger partial charge in [-0.15, -0.1) is 10.2 Å². The number of rotatable bonds is 6. The number of carbonyl (C=O) groups excluding carboxylic acids is 1. The van der Waals surface area contributed by atoms with Crippen molar-refractivity contribution in [2.75, 3.05) is 30.3 Å². The highest BCUT2D eigenvalue weighted by atomic mass is 32.2. The number of thioether (sulfide) groups is 1. The summed E-state index contributed by atoms with van der Waals surface area (Å²) < 4.78 is 7.04. The highest BCUT2D eigenvalue weighted by molar-refractivity contribution is 7.99. The van der Waals surface area contributed by atoms with Crippen LogP contribution >= 0.6 is 11.8 Å². The number of anilines is 1. The fourth-order valence-electron chi connectivity index (χ4n) is 2.72. The number of aromatic nitrogens is 3. The topological polar surface area (TPSA) is 60.2 Å². The molecule has 1 aliphatic rings. The first kappa shape index (κ1) is 16.8. The monoisotopic (exact) mass is 346 g/mol. The molecule has 1 aromatic heterocycles. The van der Waals surface area contributed by atoms with Gasteiger partial charge in [0.05, 0.1) is 18.0 Å². The van der Waals surface area contributed by atoms with E-state index in [1.807, 2.05) is 11.5 Å². The SMILES string of the molecule is CCOC(=O)CSc1nnc(N2CCCC2)n1-c1ccc(C)cc1. The molecule has 1 fully saturated rings. The average molecular weight is 346 g/mol. The lowest BCUT2D eigenvalue weighted by atomic mass is 10.2. The second kappa shape index (κ2) is 7.70. The van der Waals surface area contributed by atoms with Crippen LogP contribution in [0.15, 0.2) is 29.4 Å². The van der Waals surface area contributed by atoms with E-state index in [-0.39, 0.29) is 11.7 Å². The summed E-state index contributed by atoms with van der Waals surface area (Å²) in [6.07, 6.45) is 2.35. The molecule has 0 saturated carbocycles. The summed E-state index contributed by atoms with van der Waals surface area (Å²) in [5.41, 5.74) is 2.22. The average Bonchev–Trinajstić information content (AvgIpc) is 3.23. The maximum atomic E-state index is 11.7. The van der Waals surface area contributed by atoms with E-state index in [0.717, 1.165) is 24.7 Å². The van der Waals surface area contributed by atoms with Gasteiger partial charge in [-0.1, -0.05) is 29.5 Å². The normalized spacial score (nSPS) is 14.2. The van der Waals surface area contributed by atoms with Crippen molar-refractivity contribution in [3.63, 3.8) is 0 Å². The van der Waals surface area contributed by atoms with Gasteiger partial charge in [-0.2, -0.15) is 0 Å². The van der Waals surface area contributed by atoms with Crippen LogP contribution in [0.25, 0.3) is 5.69 Å². The number of nitrogens with zero attached hydrogens (tertiary/aromatic N) is 4. The maximum absolute atomic E-state index is 11.7. The van der Waals surface area contributed by atoms with Gasteiger partial charge >= 0.3 is 5.97 Å². The molecule has 6 nitrogen and oxygen atoms in total. The number of hydrogen-bond donors (Lipinski definition) is 0. The molecule has 0 aliphatic carbocycles. The van der Waals surface area contributed by atoms with Gasteiger partial charge < -0.3 is 9.64 Å². The molecular weight excluding hydrogens is 324 g/mol. The van der Waals surface area contributed by atoms with Crippen LogP contribution in [-0.4, -0.2) is 46.2 Å². The van der Waals surface area contributed by atoms with Crippen LogP contribution in [-0.2, 0) is 9.53 Å². The quantitative estimate of drug-likeness (QED) is 0.592. The van der Waals surface area contributed by atoms with Crippen molar-refractivity contribution in [3.05, 3.63) is 29.8 Å². The molecule has 0 amide bonds. The van der Waals surface area contributed by atoms with Crippen molar-refractivity contribution in [1.29, 1.82) is 0 Å². The number of esters is 1. The third-order valence-corrected chi connectivity index (χ3v) is 4.82. The molecular formula is C17H22N4O2S. The van der Waals surface area contributed by atoms with Crippen LogP contribution < -0.4 is 4.90 Å². The summed E-state index contributed by atoms with van der Waals surface area (Å²) in [6, 6.07) is 8.27. The van der Waals surface area contributed by atoms with Gasteiger partial charge in [0.15, 0.2) is 5.16 Å². The molecule has 0 bridgehead atoms. The van der Waals surface area contributed by atoms with Gasteiger partial charge in [-0.3, -0.25) is 9.36 Å². The van der Waals surface area contributed by atoms with Crippen LogP contribution in [0.5, 0.6) is 0 Å². The summed E-state index contributed by atoms with van der Waals surface area (Å²) in [7, 11) is 0. The van der Waals surface area contributed by atoms with Crippen molar-refractivity contribution in [3.8, 4) is 5.69 Å². The second-order valence-corrected chi connectivity index (χ2v) is 6.68. The minimum atomic E-state index is -0.233. The van der Waals surface area contributed by atoms with Crippen LogP contribution in [0.2, 0.25) is 0 Å². The summed E-state index contributed by atoms with van der Waals surface area (Å²) >= 11 is 1.36. The lowest BCUT2D eigenvalue weighted by molar-refractivity contribution is -0.139. The molecule has 128 valence electrons. The Labute approximate surface area is 146 Å². The molecule has 0 unspecified atom stereocenters. The van der Waals surface area contributed by atoms with E-state index in [0.29, 0.717) is 11.8 Å². The minimum Gasteiger partial charge on any atom is -0.465 e. The Morgan fingerprint density at radius 3 is 2.58 bits per heavy atom. The van der Waals surface area contributed by atoms with Gasteiger partial charge in [-0.25, -0.2) is 0 Å². The predicted octanol–water partition coefficient (Wildman–Crippen LogP) is 2.83. The van der Waals surface area contributed by atoms with E-state index in [1.165, 1.54) is 30.2 Å². The van der Waals surface area contributed by atoms with Crippen LogP contribution in [0, 0.1) is 6.92 Å². The lowest BCUT2D eigenvalue weighted by Gasteiger charge is -2.18. The molecule has 0 spiro atoms. The highest BCUT2D eigenvalue weighted by Crippen LogP contribution is 2.28. The van der Waals surface area contributed by atoms with Crippen molar-refractivity contribution < 1.29 is 9.53 Å². The first-order chi connectivity index (χ1) is 11.7. The summed E-state index contributed by atoms with van der Waals surface area (Å²) in [5.74, 6) is 0.851. The molecule has 0 N–H and O–H groups in total. The Kier molecular flexibility index (Phi) is 5.40. The zero-order valence-corrected chi connectivity index (χ0v) is 14.9. The van der Waals surface area contributed by atoms with E-state index < -0.39 is 0 Å². The third kappa shape index (κ3) is 3.72. The maximum Gasteiger partial charge on any atom is 0.316 e. The minimum absolute atomic E-state index is 0.233. The molecule has 1 aliphatic heterocycles. The molecule has 2 aromatic rings. The van der Waals surface area contributed by atoms with Gasteiger partial charge in [0.2, 0.25) is 5.95 Å². The van der Waals surface area contributed by atoms with Crippen LogP contribution in [0.1, 0.15) is 25.3 Å². The van der Waals surface area contributed by atoms with E-state index >= 15 is 0 Å². The fraction of sp³-hybridized carbons (Fsp3) is 0.471. The van der Waals surface area contributed by atoms with Crippen molar-refractivity contribution in [1.82, 2.24) is 14.8 Å². The summed E-state index contributed by atoms with van der Waals surface area (Å²) in [6.45, 7) is 6.25. The number of aryl methyl sites for hydroxylation is 1. The Morgan fingerprint density at radius 1 is 1.21 bits per heavy atom. The first-order valence-electron chi connectivity index (χ1n) is 8.25. The zero-order chi connectivity index (χ0) is 16.9. The van der Waals surface area contributed by atoms with Gasteiger partial charge in [0.25, 0.3) is 0 Å². The predicted molar refractivity (Wildman–Crippen MR) is 94.9 cm³/mol. The largest absolute Gasteiger partial charge is 0.465 e. The Hall–Kier alpha value is -2.02. The van der Waals surface area contributed by atoms with E-state index in [1.54, 1.807) is 0 Å². The number of benzene rings is 1.